The van der Waals surface area contributed by atoms with Crippen LogP contribution in [-0.2, 0) is 6.54 Å². The van der Waals surface area contributed by atoms with Crippen LogP contribution < -0.4 is 0 Å². The molecule has 1 saturated heterocycles. The molecule has 3 heterocycles. The van der Waals surface area contributed by atoms with Crippen molar-refractivity contribution >= 4 is 5.91 Å². The Hall–Kier alpha value is -2.27. The molecule has 0 bridgehead atoms. The minimum atomic E-state index is 0.146. The van der Waals surface area contributed by atoms with Crippen molar-refractivity contribution in [1.82, 2.24) is 19.8 Å². The van der Waals surface area contributed by atoms with Gasteiger partial charge in [0, 0.05) is 56.0 Å². The molecule has 26 heavy (non-hydrogen) atoms. The Kier molecular flexibility index (Phi) is 4.72. The average molecular weight is 350 g/mol. The molecule has 1 aliphatic carbocycles. The second-order valence-electron chi connectivity index (χ2n) is 7.86. The van der Waals surface area contributed by atoms with Crippen molar-refractivity contribution in [1.29, 1.82) is 0 Å². The van der Waals surface area contributed by atoms with E-state index in [0.29, 0.717) is 11.5 Å². The first kappa shape index (κ1) is 17.2. The van der Waals surface area contributed by atoms with Crippen molar-refractivity contribution < 1.29 is 4.79 Å². The molecule has 4 rings (SSSR count). The quantitative estimate of drug-likeness (QED) is 0.851. The van der Waals surface area contributed by atoms with E-state index in [1.165, 1.54) is 18.4 Å². The van der Waals surface area contributed by atoms with Crippen molar-refractivity contribution in [2.75, 3.05) is 20.1 Å². The number of hydrogen-bond donors (Lipinski definition) is 0. The molecule has 0 aromatic carbocycles. The summed E-state index contributed by atoms with van der Waals surface area (Å²) >= 11 is 0. The molecule has 1 saturated carbocycles. The summed E-state index contributed by atoms with van der Waals surface area (Å²) < 4.78 is 0. The van der Waals surface area contributed by atoms with Crippen LogP contribution in [0.5, 0.6) is 0 Å². The van der Waals surface area contributed by atoms with Crippen LogP contribution in [0.3, 0.4) is 0 Å². The van der Waals surface area contributed by atoms with Crippen LogP contribution in [0.1, 0.15) is 41.6 Å². The molecule has 2 aliphatic rings. The van der Waals surface area contributed by atoms with Gasteiger partial charge in [-0.25, -0.2) is 0 Å². The molecule has 2 fully saturated rings. The van der Waals surface area contributed by atoms with Crippen LogP contribution in [0.25, 0.3) is 0 Å². The van der Waals surface area contributed by atoms with Crippen molar-refractivity contribution in [3.63, 3.8) is 0 Å². The molecule has 5 heteroatoms. The van der Waals surface area contributed by atoms with E-state index in [1.54, 1.807) is 24.5 Å². The maximum atomic E-state index is 12.6. The van der Waals surface area contributed by atoms with Crippen LogP contribution >= 0.6 is 0 Å². The Morgan fingerprint density at radius 1 is 1.08 bits per heavy atom. The summed E-state index contributed by atoms with van der Waals surface area (Å²) in [5.41, 5.74) is 2.52. The largest absolute Gasteiger partial charge is 0.339 e. The van der Waals surface area contributed by atoms with Crippen molar-refractivity contribution in [2.45, 2.75) is 38.3 Å². The Morgan fingerprint density at radius 3 is 2.27 bits per heavy atom. The van der Waals surface area contributed by atoms with Crippen molar-refractivity contribution in [2.24, 2.45) is 5.41 Å². The van der Waals surface area contributed by atoms with Crippen molar-refractivity contribution in [3.8, 4) is 0 Å². The van der Waals surface area contributed by atoms with Crippen LogP contribution in [0.4, 0.5) is 0 Å². The molecule has 0 atom stereocenters. The number of amides is 1. The average Bonchev–Trinajstić information content (AvgIpc) is 2.67. The fourth-order valence-electron chi connectivity index (χ4n) is 4.43. The fraction of sp³-hybridized carbons (Fsp3) is 0.476. The van der Waals surface area contributed by atoms with E-state index in [0.717, 1.165) is 38.0 Å². The molecule has 0 N–H and O–H groups in total. The second kappa shape index (κ2) is 7.16. The van der Waals surface area contributed by atoms with Crippen LogP contribution in [-0.4, -0.2) is 51.9 Å². The molecular formula is C21H26N4O. The van der Waals surface area contributed by atoms with E-state index in [2.05, 4.69) is 34.0 Å². The summed E-state index contributed by atoms with van der Waals surface area (Å²) in [7, 11) is 2.22. The fourth-order valence-corrected chi connectivity index (χ4v) is 4.43. The third-order valence-electron chi connectivity index (χ3n) is 6.18. The predicted octanol–water partition coefficient (Wildman–Crippen LogP) is 2.99. The number of piperidine rings is 1. The summed E-state index contributed by atoms with van der Waals surface area (Å²) in [4.78, 5) is 25.1. The lowest BCUT2D eigenvalue weighted by molar-refractivity contribution is -0.0328. The number of carbonyl (C=O) groups excluding carboxylic acids is 1. The van der Waals surface area contributed by atoms with Gasteiger partial charge in [-0.2, -0.15) is 0 Å². The third kappa shape index (κ3) is 3.49. The first-order chi connectivity index (χ1) is 12.7. The molecule has 2 aromatic heterocycles. The van der Waals surface area contributed by atoms with Crippen molar-refractivity contribution in [3.05, 3.63) is 60.2 Å². The highest BCUT2D eigenvalue weighted by Crippen LogP contribution is 2.51. The smallest absolute Gasteiger partial charge is 0.253 e. The maximum absolute atomic E-state index is 12.6. The Morgan fingerprint density at radius 2 is 1.65 bits per heavy atom. The normalized spacial score (nSPS) is 19.5. The van der Waals surface area contributed by atoms with Crippen LogP contribution in [0, 0.1) is 5.41 Å². The molecule has 1 spiro atoms. The Labute approximate surface area is 155 Å². The Bertz CT molecular complexity index is 733. The lowest BCUT2D eigenvalue weighted by Gasteiger charge is -2.54. The van der Waals surface area contributed by atoms with Gasteiger partial charge in [0.05, 0.1) is 0 Å². The van der Waals surface area contributed by atoms with Gasteiger partial charge in [-0.05, 0) is 68.0 Å². The molecule has 136 valence electrons. The van der Waals surface area contributed by atoms with Gasteiger partial charge in [0.1, 0.15) is 0 Å². The summed E-state index contributed by atoms with van der Waals surface area (Å²) in [6, 6.07) is 8.45. The number of aromatic nitrogens is 2. The van der Waals surface area contributed by atoms with E-state index < -0.39 is 0 Å². The molecule has 2 aromatic rings. The highest BCUT2D eigenvalue weighted by Gasteiger charge is 2.47. The summed E-state index contributed by atoms with van der Waals surface area (Å²) in [6.45, 7) is 2.74. The lowest BCUT2D eigenvalue weighted by atomic mass is 9.60. The highest BCUT2D eigenvalue weighted by atomic mass is 16.2. The number of carbonyl (C=O) groups is 1. The minimum absolute atomic E-state index is 0.146. The van der Waals surface area contributed by atoms with E-state index in [9.17, 15) is 4.79 Å². The van der Waals surface area contributed by atoms with Gasteiger partial charge < -0.3 is 4.90 Å². The molecule has 1 aliphatic heterocycles. The maximum Gasteiger partial charge on any atom is 0.253 e. The first-order valence-corrected chi connectivity index (χ1v) is 9.44. The minimum Gasteiger partial charge on any atom is -0.339 e. The SMILES string of the molecule is CN(Cc1ccncc1)C1CC2(CCN(C(=O)c3ccncc3)CC2)C1. The van der Waals surface area contributed by atoms with Gasteiger partial charge in [-0.3, -0.25) is 19.7 Å². The molecule has 0 radical (unpaired) electrons. The van der Waals surface area contributed by atoms with Crippen LogP contribution in [0.15, 0.2) is 49.1 Å². The van der Waals surface area contributed by atoms with Gasteiger partial charge in [0.25, 0.3) is 5.91 Å². The van der Waals surface area contributed by atoms with Gasteiger partial charge in [-0.15, -0.1) is 0 Å². The van der Waals surface area contributed by atoms with E-state index in [1.807, 2.05) is 17.3 Å². The molecule has 1 amide bonds. The number of nitrogens with zero attached hydrogens (tertiary/aromatic N) is 4. The number of likely N-dealkylation sites (tertiary alicyclic amines) is 1. The van der Waals surface area contributed by atoms with E-state index in [4.69, 9.17) is 0 Å². The molecule has 5 nitrogen and oxygen atoms in total. The summed E-state index contributed by atoms with van der Waals surface area (Å²) in [5.74, 6) is 0.146. The van der Waals surface area contributed by atoms with E-state index >= 15 is 0 Å². The van der Waals surface area contributed by atoms with Gasteiger partial charge >= 0.3 is 0 Å². The van der Waals surface area contributed by atoms with Gasteiger partial charge in [-0.1, -0.05) is 0 Å². The zero-order chi connectivity index (χ0) is 18.0. The standard InChI is InChI=1S/C21H26N4O/c1-24(16-17-2-8-22-9-3-17)19-14-21(15-19)6-12-25(13-7-21)20(26)18-4-10-23-11-5-18/h2-5,8-11,19H,6-7,12-16H2,1H3. The number of rotatable bonds is 4. The summed E-state index contributed by atoms with van der Waals surface area (Å²) in [6.07, 6.45) is 11.9. The van der Waals surface area contributed by atoms with E-state index in [-0.39, 0.29) is 5.91 Å². The monoisotopic (exact) mass is 350 g/mol. The topological polar surface area (TPSA) is 49.3 Å². The lowest BCUT2D eigenvalue weighted by Crippen LogP contribution is -2.54. The highest BCUT2D eigenvalue weighted by molar-refractivity contribution is 5.94. The van der Waals surface area contributed by atoms with Crippen LogP contribution in [0.2, 0.25) is 0 Å². The third-order valence-corrected chi connectivity index (χ3v) is 6.18. The number of pyridine rings is 2. The molecular weight excluding hydrogens is 324 g/mol. The zero-order valence-corrected chi connectivity index (χ0v) is 15.3. The predicted molar refractivity (Wildman–Crippen MR) is 101 cm³/mol. The number of hydrogen-bond acceptors (Lipinski definition) is 4. The summed E-state index contributed by atoms with van der Waals surface area (Å²) in [5, 5.41) is 0. The second-order valence-corrected chi connectivity index (χ2v) is 7.86. The Balaban J connectivity index is 1.27. The zero-order valence-electron chi connectivity index (χ0n) is 15.3. The first-order valence-electron chi connectivity index (χ1n) is 9.44. The van der Waals surface area contributed by atoms with Gasteiger partial charge in [0.2, 0.25) is 0 Å². The molecule has 0 unspecified atom stereocenters. The van der Waals surface area contributed by atoms with Gasteiger partial charge in [0.15, 0.2) is 0 Å².